The number of rotatable bonds is 3. The molecule has 1 aliphatic carbocycles. The molecule has 0 aliphatic heterocycles. The van der Waals surface area contributed by atoms with Crippen molar-refractivity contribution in [2.24, 2.45) is 5.92 Å². The maximum absolute atomic E-state index is 10.8. The van der Waals surface area contributed by atoms with Crippen LogP contribution >= 0.6 is 0 Å². The molecule has 0 heterocycles. The Morgan fingerprint density at radius 3 is 2.90 bits per heavy atom. The van der Waals surface area contributed by atoms with Crippen molar-refractivity contribution in [2.75, 3.05) is 6.61 Å². The van der Waals surface area contributed by atoms with E-state index in [2.05, 4.69) is 5.92 Å². The van der Waals surface area contributed by atoms with Crippen LogP contribution in [0.2, 0.25) is 0 Å². The normalized spacial score (nSPS) is 15.9. The average Bonchev–Trinajstić information content (AvgIpc) is 2.69. The van der Waals surface area contributed by atoms with E-state index in [9.17, 15) is 4.79 Å². The van der Waals surface area contributed by atoms with Gasteiger partial charge in [0.25, 0.3) is 0 Å². The molecule has 0 radical (unpaired) electrons. The molecule has 1 rings (SSSR count). The highest BCUT2D eigenvalue weighted by Gasteiger charge is 2.30. The molecule has 1 saturated carbocycles. The highest BCUT2D eigenvalue weighted by molar-refractivity contribution is 5.74. The second kappa shape index (κ2) is 3.26. The van der Waals surface area contributed by atoms with Crippen molar-refractivity contribution in [1.82, 2.24) is 0 Å². The van der Waals surface area contributed by atoms with Gasteiger partial charge in [-0.15, -0.1) is 12.3 Å². The summed E-state index contributed by atoms with van der Waals surface area (Å²) in [6, 6.07) is 0. The number of carbonyl (C=O) groups is 1. The summed E-state index contributed by atoms with van der Waals surface area (Å²) in [5, 5.41) is 0. The minimum atomic E-state index is -0.0738. The molecule has 10 heavy (non-hydrogen) atoms. The third-order valence-corrected chi connectivity index (χ3v) is 1.40. The summed E-state index contributed by atoms with van der Waals surface area (Å²) >= 11 is 0. The fourth-order valence-electron chi connectivity index (χ4n) is 0.647. The zero-order chi connectivity index (χ0) is 7.40. The lowest BCUT2D eigenvalue weighted by Gasteiger charge is -1.98. The van der Waals surface area contributed by atoms with Crippen LogP contribution in [0.1, 0.15) is 19.3 Å². The van der Waals surface area contributed by atoms with E-state index >= 15 is 0 Å². The van der Waals surface area contributed by atoms with Crippen molar-refractivity contribution in [2.45, 2.75) is 19.3 Å². The Morgan fingerprint density at radius 1 is 1.70 bits per heavy atom. The van der Waals surface area contributed by atoms with Crippen molar-refractivity contribution < 1.29 is 9.53 Å². The molecule has 0 aromatic carbocycles. The Morgan fingerprint density at radius 2 is 2.40 bits per heavy atom. The van der Waals surface area contributed by atoms with Gasteiger partial charge in [0.2, 0.25) is 0 Å². The van der Waals surface area contributed by atoms with Crippen LogP contribution in [-0.4, -0.2) is 12.6 Å². The number of hydrogen-bond acceptors (Lipinski definition) is 2. The lowest BCUT2D eigenvalue weighted by atomic mass is 10.4. The molecule has 0 unspecified atom stereocenters. The standard InChI is InChI=1S/C8H10O2/c1-2-3-6-10-8(9)7-4-5-7/h1,7H,3-6H2. The summed E-state index contributed by atoms with van der Waals surface area (Å²) in [7, 11) is 0. The molecule has 0 aromatic rings. The quantitative estimate of drug-likeness (QED) is 0.330. The van der Waals surface area contributed by atoms with Gasteiger partial charge in [0, 0.05) is 6.42 Å². The predicted octanol–water partition coefficient (Wildman–Crippen LogP) is 0.963. The number of terminal acetylenes is 1. The number of carbonyl (C=O) groups excluding carboxylic acids is 1. The molecule has 1 aliphatic rings. The third kappa shape index (κ3) is 2.10. The van der Waals surface area contributed by atoms with Gasteiger partial charge in [0.05, 0.1) is 5.92 Å². The van der Waals surface area contributed by atoms with Gasteiger partial charge in [0.1, 0.15) is 6.61 Å². The van der Waals surface area contributed by atoms with E-state index < -0.39 is 0 Å². The van der Waals surface area contributed by atoms with Crippen molar-refractivity contribution in [3.63, 3.8) is 0 Å². The topological polar surface area (TPSA) is 26.3 Å². The lowest BCUT2D eigenvalue weighted by Crippen LogP contribution is -2.06. The summed E-state index contributed by atoms with van der Waals surface area (Å²) in [6.07, 6.45) is 7.48. The summed E-state index contributed by atoms with van der Waals surface area (Å²) < 4.78 is 4.82. The second-order valence-corrected chi connectivity index (χ2v) is 2.40. The first-order chi connectivity index (χ1) is 4.84. The molecular formula is C8H10O2. The minimum absolute atomic E-state index is 0.0738. The average molecular weight is 138 g/mol. The number of hydrogen-bond donors (Lipinski definition) is 0. The first-order valence-electron chi connectivity index (χ1n) is 3.44. The van der Waals surface area contributed by atoms with Crippen molar-refractivity contribution in [1.29, 1.82) is 0 Å². The van der Waals surface area contributed by atoms with Gasteiger partial charge in [-0.25, -0.2) is 0 Å². The Kier molecular flexibility index (Phi) is 2.33. The Balaban J connectivity index is 2.02. The number of esters is 1. The smallest absolute Gasteiger partial charge is 0.308 e. The van der Waals surface area contributed by atoms with Gasteiger partial charge in [-0.2, -0.15) is 0 Å². The van der Waals surface area contributed by atoms with Crippen LogP contribution in [0.4, 0.5) is 0 Å². The predicted molar refractivity (Wildman–Crippen MR) is 37.1 cm³/mol. The molecule has 0 spiro atoms. The SMILES string of the molecule is C#CCCOC(=O)C1CC1. The molecule has 0 N–H and O–H groups in total. The third-order valence-electron chi connectivity index (χ3n) is 1.40. The first kappa shape index (κ1) is 7.14. The highest BCUT2D eigenvalue weighted by atomic mass is 16.5. The van der Waals surface area contributed by atoms with Gasteiger partial charge in [0.15, 0.2) is 0 Å². The minimum Gasteiger partial charge on any atom is -0.464 e. The Bertz CT molecular complexity index is 163. The Hall–Kier alpha value is -0.970. The van der Waals surface area contributed by atoms with Crippen LogP contribution in [0.5, 0.6) is 0 Å². The van der Waals surface area contributed by atoms with Crippen molar-refractivity contribution in [3.05, 3.63) is 0 Å². The van der Waals surface area contributed by atoms with E-state index in [1.165, 1.54) is 0 Å². The lowest BCUT2D eigenvalue weighted by molar-refractivity contribution is -0.144. The summed E-state index contributed by atoms with van der Waals surface area (Å²) in [6.45, 7) is 0.381. The molecule has 2 heteroatoms. The van der Waals surface area contributed by atoms with E-state index in [0.29, 0.717) is 13.0 Å². The summed E-state index contributed by atoms with van der Waals surface area (Å²) in [4.78, 5) is 10.8. The summed E-state index contributed by atoms with van der Waals surface area (Å²) in [5.41, 5.74) is 0. The van der Waals surface area contributed by atoms with E-state index in [0.717, 1.165) is 12.8 Å². The van der Waals surface area contributed by atoms with Crippen LogP contribution in [0.3, 0.4) is 0 Å². The maximum Gasteiger partial charge on any atom is 0.308 e. The van der Waals surface area contributed by atoms with E-state index in [1.54, 1.807) is 0 Å². The second-order valence-electron chi connectivity index (χ2n) is 2.40. The van der Waals surface area contributed by atoms with Crippen LogP contribution < -0.4 is 0 Å². The van der Waals surface area contributed by atoms with E-state index in [1.807, 2.05) is 0 Å². The molecule has 0 atom stereocenters. The number of ether oxygens (including phenoxy) is 1. The van der Waals surface area contributed by atoms with Crippen LogP contribution in [0.15, 0.2) is 0 Å². The van der Waals surface area contributed by atoms with E-state index in [-0.39, 0.29) is 11.9 Å². The first-order valence-corrected chi connectivity index (χ1v) is 3.44. The van der Waals surface area contributed by atoms with Gasteiger partial charge < -0.3 is 4.74 Å². The fourth-order valence-corrected chi connectivity index (χ4v) is 0.647. The highest BCUT2D eigenvalue weighted by Crippen LogP contribution is 2.29. The molecule has 0 bridgehead atoms. The zero-order valence-electron chi connectivity index (χ0n) is 5.80. The van der Waals surface area contributed by atoms with Gasteiger partial charge in [-0.1, -0.05) is 0 Å². The molecule has 0 aromatic heterocycles. The maximum atomic E-state index is 10.8. The molecule has 1 fully saturated rings. The van der Waals surface area contributed by atoms with Gasteiger partial charge in [-0.3, -0.25) is 4.79 Å². The molecule has 0 amide bonds. The van der Waals surface area contributed by atoms with Crippen LogP contribution in [0, 0.1) is 18.3 Å². The van der Waals surface area contributed by atoms with Gasteiger partial charge in [-0.05, 0) is 12.8 Å². The Labute approximate surface area is 60.6 Å². The van der Waals surface area contributed by atoms with Crippen LogP contribution in [0.25, 0.3) is 0 Å². The van der Waals surface area contributed by atoms with Crippen LogP contribution in [-0.2, 0) is 9.53 Å². The molecular weight excluding hydrogens is 128 g/mol. The zero-order valence-corrected chi connectivity index (χ0v) is 5.80. The van der Waals surface area contributed by atoms with Gasteiger partial charge >= 0.3 is 5.97 Å². The van der Waals surface area contributed by atoms with E-state index in [4.69, 9.17) is 11.2 Å². The monoisotopic (exact) mass is 138 g/mol. The summed E-state index contributed by atoms with van der Waals surface area (Å²) in [5.74, 6) is 2.52. The molecule has 54 valence electrons. The molecule has 2 nitrogen and oxygen atoms in total. The van der Waals surface area contributed by atoms with Crippen molar-refractivity contribution in [3.8, 4) is 12.3 Å². The molecule has 0 saturated heterocycles. The van der Waals surface area contributed by atoms with Crippen molar-refractivity contribution >= 4 is 5.97 Å². The largest absolute Gasteiger partial charge is 0.464 e. The fraction of sp³-hybridized carbons (Fsp3) is 0.625.